The van der Waals surface area contributed by atoms with Crippen molar-refractivity contribution in [1.82, 2.24) is 13.7 Å². The van der Waals surface area contributed by atoms with E-state index in [1.165, 1.54) is 132 Å². The van der Waals surface area contributed by atoms with Crippen LogP contribution in [0.3, 0.4) is 0 Å². The van der Waals surface area contributed by atoms with Crippen molar-refractivity contribution in [2.45, 2.75) is 0 Å². The van der Waals surface area contributed by atoms with E-state index in [1.54, 1.807) is 0 Å². The van der Waals surface area contributed by atoms with Crippen LogP contribution in [-0.4, -0.2) is 20.4 Å². The Kier molecular flexibility index (Phi) is 4.78. The fraction of sp³-hybridized carbons (Fsp3) is 0. The zero-order valence-corrected chi connectivity index (χ0v) is 30.1. The number of hydrogen-bond acceptors (Lipinski definition) is 0. The predicted molar refractivity (Wildman–Crippen MR) is 236 cm³/mol. The molecular weight excluding hydrogens is 677 g/mol. The van der Waals surface area contributed by atoms with Crippen LogP contribution in [0.4, 0.5) is 0 Å². The molecule has 3 aromatic heterocycles. The maximum atomic E-state index is 2.65. The highest BCUT2D eigenvalue weighted by Gasteiger charge is 2.42. The van der Waals surface area contributed by atoms with E-state index in [4.69, 9.17) is 0 Å². The van der Waals surface area contributed by atoms with Crippen LogP contribution >= 0.6 is 0 Å². The maximum absolute atomic E-state index is 2.65. The molecule has 4 heteroatoms. The number of rotatable bonds is 1. The minimum Gasteiger partial charge on any atom is -0.310 e. The average Bonchev–Trinajstić information content (AvgIpc) is 3.88. The van der Waals surface area contributed by atoms with E-state index in [0.717, 1.165) is 0 Å². The molecule has 3 nitrogen and oxygen atoms in total. The van der Waals surface area contributed by atoms with Crippen molar-refractivity contribution in [2.75, 3.05) is 0 Å². The highest BCUT2D eigenvalue weighted by molar-refractivity contribution is 7.00. The van der Waals surface area contributed by atoms with Gasteiger partial charge in [0.1, 0.15) is 0 Å². The van der Waals surface area contributed by atoms with Crippen molar-refractivity contribution in [3.8, 4) is 39.3 Å². The summed E-state index contributed by atoms with van der Waals surface area (Å²) in [6.07, 6.45) is 0. The summed E-state index contributed by atoms with van der Waals surface area (Å²) in [5, 5.41) is 10.5. The molecule has 0 amide bonds. The van der Waals surface area contributed by atoms with Crippen LogP contribution in [0.1, 0.15) is 0 Å². The van der Waals surface area contributed by atoms with Gasteiger partial charge in [0.15, 0.2) is 0 Å². The van der Waals surface area contributed by atoms with E-state index in [0.29, 0.717) is 0 Å². The molecular formula is C52H28BN3. The highest BCUT2D eigenvalue weighted by atomic mass is 15.1. The van der Waals surface area contributed by atoms with Gasteiger partial charge in [0.05, 0.1) is 33.3 Å². The van der Waals surface area contributed by atoms with E-state index < -0.39 is 0 Å². The van der Waals surface area contributed by atoms with Gasteiger partial charge in [0, 0.05) is 49.2 Å². The molecule has 0 bridgehead atoms. The van der Waals surface area contributed by atoms with Gasteiger partial charge in [-0.05, 0) is 85.8 Å². The summed E-state index contributed by atoms with van der Waals surface area (Å²) in [7, 11) is 0. The lowest BCUT2D eigenvalue weighted by Gasteiger charge is -2.34. The minimum atomic E-state index is 0.0720. The van der Waals surface area contributed by atoms with E-state index in [1.807, 2.05) is 0 Å². The number of aromatic nitrogens is 3. The summed E-state index contributed by atoms with van der Waals surface area (Å²) < 4.78 is 7.74. The zero-order chi connectivity index (χ0) is 36.0. The third-order valence-electron chi connectivity index (χ3n) is 13.5. The highest BCUT2D eigenvalue weighted by Crippen LogP contribution is 2.50. The van der Waals surface area contributed by atoms with Gasteiger partial charge in [0.25, 0.3) is 6.71 Å². The van der Waals surface area contributed by atoms with Gasteiger partial charge in [-0.25, -0.2) is 0 Å². The maximum Gasteiger partial charge on any atom is 0.252 e. The average molecular weight is 706 g/mol. The molecule has 15 rings (SSSR count). The summed E-state index contributed by atoms with van der Waals surface area (Å²) in [4.78, 5) is 0. The number of para-hydroxylation sites is 4. The molecule has 0 unspecified atom stereocenters. The van der Waals surface area contributed by atoms with Crippen LogP contribution in [-0.2, 0) is 0 Å². The Hall–Kier alpha value is -7.30. The van der Waals surface area contributed by atoms with Gasteiger partial charge in [-0.15, -0.1) is 0 Å². The third kappa shape index (κ3) is 3.06. The third-order valence-corrected chi connectivity index (χ3v) is 13.5. The topological polar surface area (TPSA) is 14.8 Å². The summed E-state index contributed by atoms with van der Waals surface area (Å²) >= 11 is 0. The van der Waals surface area contributed by atoms with Gasteiger partial charge < -0.3 is 13.7 Å². The summed E-state index contributed by atoms with van der Waals surface area (Å²) in [6, 6.07) is 64.3. The Morgan fingerprint density at radius 3 is 1.62 bits per heavy atom. The molecule has 1 aliphatic carbocycles. The molecule has 0 spiro atoms. The van der Waals surface area contributed by atoms with Crippen molar-refractivity contribution in [3.05, 3.63) is 170 Å². The Balaban J connectivity index is 1.21. The Bertz CT molecular complexity index is 3780. The van der Waals surface area contributed by atoms with Crippen LogP contribution in [0.15, 0.2) is 170 Å². The SMILES string of the molecule is c1ccc2c(c1)-c1cccc3ccc4c(c13)c1c-2ccc2c1n4-c1cc(-n3c4ccccc4c4ccccc43)cc3c1B2c1cccc2c4ccccc4n-3c12. The second kappa shape index (κ2) is 9.49. The summed E-state index contributed by atoms with van der Waals surface area (Å²) in [6.45, 7) is 0.0720. The van der Waals surface area contributed by atoms with Crippen LogP contribution < -0.4 is 16.4 Å². The first-order chi connectivity index (χ1) is 27.8. The van der Waals surface area contributed by atoms with Gasteiger partial charge in [-0.1, -0.05) is 133 Å². The van der Waals surface area contributed by atoms with Gasteiger partial charge in [-0.3, -0.25) is 0 Å². The molecule has 56 heavy (non-hydrogen) atoms. The first-order valence-electron chi connectivity index (χ1n) is 19.7. The minimum absolute atomic E-state index is 0.0720. The Morgan fingerprint density at radius 2 is 0.893 bits per heavy atom. The summed E-state index contributed by atoms with van der Waals surface area (Å²) in [5.74, 6) is 0. The Morgan fingerprint density at radius 1 is 0.339 bits per heavy atom. The summed E-state index contributed by atoms with van der Waals surface area (Å²) in [5.41, 5.74) is 20.7. The molecule has 0 atom stereocenters. The number of hydrogen-bond donors (Lipinski definition) is 0. The number of fused-ring (bicyclic) bond motifs is 14. The largest absolute Gasteiger partial charge is 0.310 e. The smallest absolute Gasteiger partial charge is 0.252 e. The van der Waals surface area contributed by atoms with Crippen LogP contribution in [0.2, 0.25) is 0 Å². The van der Waals surface area contributed by atoms with Crippen molar-refractivity contribution < 1.29 is 0 Å². The van der Waals surface area contributed by atoms with Crippen molar-refractivity contribution in [1.29, 1.82) is 0 Å². The lowest BCUT2D eigenvalue weighted by atomic mass is 9.34. The first-order valence-corrected chi connectivity index (χ1v) is 19.7. The lowest BCUT2D eigenvalue weighted by Crippen LogP contribution is -2.59. The zero-order valence-electron chi connectivity index (χ0n) is 30.1. The van der Waals surface area contributed by atoms with Crippen molar-refractivity contribution >= 4 is 99.3 Å². The molecule has 12 aromatic rings. The van der Waals surface area contributed by atoms with Crippen molar-refractivity contribution in [2.24, 2.45) is 0 Å². The molecule has 3 aliphatic rings. The van der Waals surface area contributed by atoms with Crippen LogP contribution in [0, 0.1) is 0 Å². The number of nitrogens with zero attached hydrogens (tertiary/aromatic N) is 3. The first kappa shape index (κ1) is 28.2. The molecule has 0 radical (unpaired) electrons. The normalized spacial score (nSPS) is 13.3. The monoisotopic (exact) mass is 705 g/mol. The molecule has 254 valence electrons. The molecule has 2 aliphatic heterocycles. The van der Waals surface area contributed by atoms with E-state index in [2.05, 4.69) is 184 Å². The van der Waals surface area contributed by atoms with Crippen LogP contribution in [0.25, 0.3) is 116 Å². The predicted octanol–water partition coefficient (Wildman–Crippen LogP) is 10.9. The molecule has 9 aromatic carbocycles. The van der Waals surface area contributed by atoms with Crippen LogP contribution in [0.5, 0.6) is 0 Å². The fourth-order valence-corrected chi connectivity index (χ4v) is 11.5. The van der Waals surface area contributed by atoms with Gasteiger partial charge in [-0.2, -0.15) is 0 Å². The second-order valence-electron chi connectivity index (χ2n) is 16.0. The van der Waals surface area contributed by atoms with Gasteiger partial charge in [0.2, 0.25) is 0 Å². The molecule has 0 N–H and O–H groups in total. The standard InChI is InChI=1S/C52H28BN3/c1-2-13-32-31(12-1)36-17-9-11-29-23-26-44-49(47(29)36)48-37(32)24-25-40-52(48)56(44)46-28-30(54-41-20-6-3-14-33(41)34-15-4-7-21-42(34)54)27-45-50(46)53(40)39-19-10-18-38-35-16-5-8-22-43(35)55(45)51(38)39/h1-28H. The lowest BCUT2D eigenvalue weighted by molar-refractivity contribution is 1.10. The fourth-order valence-electron chi connectivity index (χ4n) is 11.5. The second-order valence-corrected chi connectivity index (χ2v) is 16.0. The molecule has 5 heterocycles. The van der Waals surface area contributed by atoms with Gasteiger partial charge >= 0.3 is 0 Å². The molecule has 0 fully saturated rings. The quantitative estimate of drug-likeness (QED) is 0.151. The number of benzene rings is 9. The van der Waals surface area contributed by atoms with E-state index in [9.17, 15) is 0 Å². The molecule has 0 saturated heterocycles. The van der Waals surface area contributed by atoms with E-state index in [-0.39, 0.29) is 6.71 Å². The molecule has 0 saturated carbocycles. The van der Waals surface area contributed by atoms with E-state index >= 15 is 0 Å². The van der Waals surface area contributed by atoms with Crippen molar-refractivity contribution in [3.63, 3.8) is 0 Å². The Labute approximate surface area is 320 Å².